The van der Waals surface area contributed by atoms with Crippen LogP contribution < -0.4 is 5.06 Å². The predicted octanol–water partition coefficient (Wildman–Crippen LogP) is 1.50. The van der Waals surface area contributed by atoms with Crippen molar-refractivity contribution in [1.29, 1.82) is 0 Å². The van der Waals surface area contributed by atoms with E-state index in [-0.39, 0.29) is 0 Å². The maximum absolute atomic E-state index is 10.3. The molecule has 0 aliphatic heterocycles. The Balaban J connectivity index is 2.71. The van der Waals surface area contributed by atoms with Crippen LogP contribution in [0.15, 0.2) is 24.3 Å². The van der Waals surface area contributed by atoms with Crippen molar-refractivity contribution in [2.75, 3.05) is 12.1 Å². The van der Waals surface area contributed by atoms with E-state index in [4.69, 9.17) is 4.55 Å². The topological polar surface area (TPSA) is 49.8 Å². The van der Waals surface area contributed by atoms with Gasteiger partial charge in [-0.3, -0.25) is 4.55 Å². The molecule has 1 rings (SSSR count). The van der Waals surface area contributed by atoms with Gasteiger partial charge in [0.05, 0.1) is 5.69 Å². The van der Waals surface area contributed by atoms with Gasteiger partial charge in [0.1, 0.15) is 0 Å². The number of hydrogen-bond donors (Lipinski definition) is 1. The van der Waals surface area contributed by atoms with Crippen molar-refractivity contribution in [1.82, 2.24) is 0 Å². The third kappa shape index (κ3) is 3.14. The molecule has 1 aromatic rings. The van der Waals surface area contributed by atoms with E-state index >= 15 is 0 Å². The van der Waals surface area contributed by atoms with Crippen LogP contribution in [-0.4, -0.2) is 15.8 Å². The largest absolute Gasteiger partial charge is 0.325 e. The van der Waals surface area contributed by atoms with E-state index in [0.29, 0.717) is 0 Å². The third-order valence-corrected chi connectivity index (χ3v) is 1.92. The van der Waals surface area contributed by atoms with E-state index in [1.807, 2.05) is 31.2 Å². The van der Waals surface area contributed by atoms with E-state index in [9.17, 15) is 4.21 Å². The van der Waals surface area contributed by atoms with Crippen LogP contribution in [0.4, 0.5) is 5.69 Å². The molecule has 0 bridgehead atoms. The molecule has 0 spiro atoms. The Morgan fingerprint density at radius 3 is 2.38 bits per heavy atom. The molecule has 0 aliphatic carbocycles. The lowest BCUT2D eigenvalue weighted by molar-refractivity contribution is 0.295. The summed E-state index contributed by atoms with van der Waals surface area (Å²) >= 11 is -2.28. The highest BCUT2D eigenvalue weighted by molar-refractivity contribution is 7.74. The fraction of sp³-hybridized carbons (Fsp3) is 0.250. The first kappa shape index (κ1) is 10.2. The van der Waals surface area contributed by atoms with Crippen LogP contribution in [0.2, 0.25) is 0 Å². The standard InChI is InChI=1S/C8H11NO3S/c1-7-3-5-8(6-4-7)9(2)12-13(10)11/h3-6H,1-2H3,(H,10,11). The quantitative estimate of drug-likeness (QED) is 0.594. The molecule has 13 heavy (non-hydrogen) atoms. The van der Waals surface area contributed by atoms with Crippen LogP contribution >= 0.6 is 0 Å². The van der Waals surface area contributed by atoms with Gasteiger partial charge >= 0.3 is 11.4 Å². The number of hydroxylamine groups is 1. The predicted molar refractivity (Wildman–Crippen MR) is 51.4 cm³/mol. The van der Waals surface area contributed by atoms with Crippen molar-refractivity contribution in [3.63, 3.8) is 0 Å². The average Bonchev–Trinajstić information content (AvgIpc) is 2.04. The van der Waals surface area contributed by atoms with E-state index in [0.717, 1.165) is 11.3 Å². The van der Waals surface area contributed by atoms with Crippen molar-refractivity contribution in [2.24, 2.45) is 0 Å². The van der Waals surface area contributed by atoms with Crippen molar-refractivity contribution >= 4 is 17.0 Å². The number of benzene rings is 1. The van der Waals surface area contributed by atoms with Gasteiger partial charge in [-0.15, -0.1) is 4.28 Å². The minimum Gasteiger partial charge on any atom is -0.282 e. The first-order valence-corrected chi connectivity index (χ1v) is 4.72. The summed E-state index contributed by atoms with van der Waals surface area (Å²) < 4.78 is 23.3. The zero-order valence-corrected chi connectivity index (χ0v) is 8.25. The minimum absolute atomic E-state index is 0.730. The van der Waals surface area contributed by atoms with Crippen LogP contribution in [0.5, 0.6) is 0 Å². The monoisotopic (exact) mass is 201 g/mol. The minimum atomic E-state index is -2.28. The Kier molecular flexibility index (Phi) is 3.41. The van der Waals surface area contributed by atoms with E-state index in [1.165, 1.54) is 5.06 Å². The molecule has 5 heteroatoms. The molecule has 0 amide bonds. The fourth-order valence-electron chi connectivity index (χ4n) is 0.893. The fourth-order valence-corrected chi connectivity index (χ4v) is 1.17. The summed E-state index contributed by atoms with van der Waals surface area (Å²) in [6.45, 7) is 1.97. The second kappa shape index (κ2) is 4.36. The highest BCUT2D eigenvalue weighted by atomic mass is 32.2. The number of hydrogen-bond acceptors (Lipinski definition) is 3. The summed E-state index contributed by atoms with van der Waals surface area (Å²) in [5, 5.41) is 1.25. The van der Waals surface area contributed by atoms with Gasteiger partial charge in [-0.25, -0.2) is 5.06 Å². The van der Waals surface area contributed by atoms with Gasteiger partial charge in [-0.1, -0.05) is 17.7 Å². The van der Waals surface area contributed by atoms with Gasteiger partial charge in [0, 0.05) is 7.05 Å². The second-order valence-electron chi connectivity index (χ2n) is 2.62. The highest BCUT2D eigenvalue weighted by Gasteiger charge is 2.03. The molecule has 0 heterocycles. The molecule has 4 nitrogen and oxygen atoms in total. The first-order chi connectivity index (χ1) is 6.09. The molecule has 1 unspecified atom stereocenters. The molecular weight excluding hydrogens is 190 g/mol. The summed E-state index contributed by atoms with van der Waals surface area (Å²) in [6, 6.07) is 7.41. The van der Waals surface area contributed by atoms with Crippen molar-refractivity contribution in [2.45, 2.75) is 6.92 Å². The Bertz CT molecular complexity index is 299. The molecule has 0 aromatic heterocycles. The molecule has 0 saturated carbocycles. The average molecular weight is 201 g/mol. The number of nitrogens with zero attached hydrogens (tertiary/aromatic N) is 1. The molecule has 0 saturated heterocycles. The van der Waals surface area contributed by atoms with Crippen molar-refractivity contribution < 1.29 is 13.0 Å². The maximum atomic E-state index is 10.3. The lowest BCUT2D eigenvalue weighted by atomic mass is 10.2. The summed E-state index contributed by atoms with van der Waals surface area (Å²) in [4.78, 5) is 0. The Labute approximate surface area is 79.6 Å². The van der Waals surface area contributed by atoms with Gasteiger partial charge < -0.3 is 0 Å². The molecule has 1 atom stereocenters. The van der Waals surface area contributed by atoms with Crippen LogP contribution in [0.3, 0.4) is 0 Å². The lowest BCUT2D eigenvalue weighted by Gasteiger charge is -2.14. The smallest absolute Gasteiger partial charge is 0.282 e. The molecule has 0 aliphatic rings. The lowest BCUT2D eigenvalue weighted by Crippen LogP contribution is -2.18. The summed E-state index contributed by atoms with van der Waals surface area (Å²) in [6.07, 6.45) is 0. The molecule has 0 fully saturated rings. The Hall–Kier alpha value is -0.910. The number of anilines is 1. The van der Waals surface area contributed by atoms with Crippen LogP contribution in [-0.2, 0) is 15.6 Å². The van der Waals surface area contributed by atoms with E-state index in [2.05, 4.69) is 4.28 Å². The summed E-state index contributed by atoms with van der Waals surface area (Å²) in [7, 11) is 1.57. The number of rotatable bonds is 3. The maximum Gasteiger partial charge on any atom is 0.325 e. The zero-order valence-electron chi connectivity index (χ0n) is 7.43. The Morgan fingerprint density at radius 1 is 1.38 bits per heavy atom. The van der Waals surface area contributed by atoms with Crippen molar-refractivity contribution in [3.05, 3.63) is 29.8 Å². The second-order valence-corrected chi connectivity index (χ2v) is 3.21. The van der Waals surface area contributed by atoms with E-state index < -0.39 is 11.4 Å². The molecule has 72 valence electrons. The third-order valence-electron chi connectivity index (χ3n) is 1.57. The number of aryl methyl sites for hydroxylation is 1. The van der Waals surface area contributed by atoms with Crippen LogP contribution in [0, 0.1) is 6.92 Å². The van der Waals surface area contributed by atoms with Gasteiger partial charge in [-0.05, 0) is 19.1 Å². The van der Waals surface area contributed by atoms with Crippen LogP contribution in [0.1, 0.15) is 5.56 Å². The molecule has 0 radical (unpaired) electrons. The zero-order chi connectivity index (χ0) is 9.84. The molecular formula is C8H11NO3S. The van der Waals surface area contributed by atoms with Gasteiger partial charge in [0.15, 0.2) is 0 Å². The van der Waals surface area contributed by atoms with Crippen LogP contribution in [0.25, 0.3) is 0 Å². The van der Waals surface area contributed by atoms with Crippen molar-refractivity contribution in [3.8, 4) is 0 Å². The highest BCUT2D eigenvalue weighted by Crippen LogP contribution is 2.13. The normalized spacial score (nSPS) is 12.5. The summed E-state index contributed by atoms with van der Waals surface area (Å²) in [5.74, 6) is 0. The van der Waals surface area contributed by atoms with E-state index in [1.54, 1.807) is 7.05 Å². The SMILES string of the molecule is Cc1ccc(N(C)OS(=O)O)cc1. The van der Waals surface area contributed by atoms with Gasteiger partial charge in [0.25, 0.3) is 0 Å². The Morgan fingerprint density at radius 2 is 1.92 bits per heavy atom. The van der Waals surface area contributed by atoms with Gasteiger partial charge in [0.2, 0.25) is 0 Å². The summed E-state index contributed by atoms with van der Waals surface area (Å²) in [5.41, 5.74) is 1.86. The molecule has 1 N–H and O–H groups in total. The molecule has 1 aromatic carbocycles. The van der Waals surface area contributed by atoms with Gasteiger partial charge in [-0.2, -0.15) is 4.21 Å². The first-order valence-electron chi connectivity index (χ1n) is 3.69.